The van der Waals surface area contributed by atoms with Gasteiger partial charge in [0.05, 0.1) is 4.47 Å². The molecule has 3 nitrogen and oxygen atoms in total. The van der Waals surface area contributed by atoms with Crippen LogP contribution in [-0.4, -0.2) is 22.6 Å². The van der Waals surface area contributed by atoms with Crippen LogP contribution in [0.2, 0.25) is 0 Å². The minimum Gasteiger partial charge on any atom is -0.314 e. The lowest BCUT2D eigenvalue weighted by atomic mass is 10.0. The summed E-state index contributed by atoms with van der Waals surface area (Å²) in [6.45, 7) is 7.54. The molecule has 1 rings (SSSR count). The van der Waals surface area contributed by atoms with Crippen molar-refractivity contribution in [3.05, 3.63) is 22.7 Å². The minimum atomic E-state index is 0.455. The lowest BCUT2D eigenvalue weighted by Crippen LogP contribution is -2.36. The number of aromatic nitrogens is 2. The molecule has 0 saturated carbocycles. The Morgan fingerprint density at radius 2 is 1.93 bits per heavy atom. The molecule has 0 saturated heterocycles. The molecule has 0 radical (unpaired) electrons. The molecule has 84 valence electrons. The Balaban J connectivity index is 2.61. The summed E-state index contributed by atoms with van der Waals surface area (Å²) in [6, 6.07) is 0.455. The van der Waals surface area contributed by atoms with Crippen LogP contribution in [0.15, 0.2) is 16.9 Å². The number of hydrogen-bond donors (Lipinski definition) is 1. The van der Waals surface area contributed by atoms with Crippen LogP contribution in [0.4, 0.5) is 0 Å². The van der Waals surface area contributed by atoms with Gasteiger partial charge < -0.3 is 5.32 Å². The van der Waals surface area contributed by atoms with Crippen LogP contribution in [0.25, 0.3) is 0 Å². The number of rotatable bonds is 5. The summed E-state index contributed by atoms with van der Waals surface area (Å²) >= 11 is 3.33. The van der Waals surface area contributed by atoms with Crippen molar-refractivity contribution < 1.29 is 0 Å². The van der Waals surface area contributed by atoms with Gasteiger partial charge in [0.25, 0.3) is 0 Å². The van der Waals surface area contributed by atoms with Crippen molar-refractivity contribution in [3.8, 4) is 0 Å². The average Bonchev–Trinajstić information content (AvgIpc) is 2.20. The van der Waals surface area contributed by atoms with Gasteiger partial charge in [-0.25, -0.2) is 9.97 Å². The van der Waals surface area contributed by atoms with Crippen molar-refractivity contribution in [3.63, 3.8) is 0 Å². The molecular formula is C11H18BrN3. The van der Waals surface area contributed by atoms with E-state index in [4.69, 9.17) is 0 Å². The highest BCUT2D eigenvalue weighted by Gasteiger charge is 2.13. The van der Waals surface area contributed by atoms with Crippen LogP contribution >= 0.6 is 15.9 Å². The first-order valence-corrected chi connectivity index (χ1v) is 6.12. The van der Waals surface area contributed by atoms with Gasteiger partial charge in [-0.15, -0.1) is 0 Å². The fourth-order valence-corrected chi connectivity index (χ4v) is 1.65. The van der Waals surface area contributed by atoms with E-state index in [0.29, 0.717) is 12.0 Å². The highest BCUT2D eigenvalue weighted by atomic mass is 79.9. The van der Waals surface area contributed by atoms with E-state index in [1.54, 1.807) is 12.4 Å². The second-order valence-electron chi connectivity index (χ2n) is 3.93. The standard InChI is InChI=1S/C11H18BrN3/c1-4-13-10(8(2)3)5-11-14-6-9(12)7-15-11/h6-8,10,13H,4-5H2,1-3H3. The van der Waals surface area contributed by atoms with Crippen LogP contribution in [0.1, 0.15) is 26.6 Å². The van der Waals surface area contributed by atoms with Crippen molar-refractivity contribution in [2.45, 2.75) is 33.2 Å². The zero-order valence-corrected chi connectivity index (χ0v) is 11.1. The second-order valence-corrected chi connectivity index (χ2v) is 4.85. The maximum absolute atomic E-state index is 4.28. The smallest absolute Gasteiger partial charge is 0.129 e. The van der Waals surface area contributed by atoms with Gasteiger partial charge >= 0.3 is 0 Å². The molecule has 0 aliphatic heterocycles. The summed E-state index contributed by atoms with van der Waals surface area (Å²) in [7, 11) is 0. The Hall–Kier alpha value is -0.480. The lowest BCUT2D eigenvalue weighted by Gasteiger charge is -2.20. The zero-order chi connectivity index (χ0) is 11.3. The highest BCUT2D eigenvalue weighted by Crippen LogP contribution is 2.09. The van der Waals surface area contributed by atoms with Gasteiger partial charge in [0, 0.05) is 24.9 Å². The third-order valence-corrected chi connectivity index (χ3v) is 2.76. The van der Waals surface area contributed by atoms with Crippen LogP contribution in [-0.2, 0) is 6.42 Å². The molecule has 4 heteroatoms. The van der Waals surface area contributed by atoms with Crippen LogP contribution in [0.3, 0.4) is 0 Å². The maximum Gasteiger partial charge on any atom is 0.129 e. The third-order valence-electron chi connectivity index (χ3n) is 2.35. The molecule has 0 aliphatic rings. The van der Waals surface area contributed by atoms with Crippen molar-refractivity contribution in [2.75, 3.05) is 6.54 Å². The van der Waals surface area contributed by atoms with Gasteiger partial charge in [0.15, 0.2) is 0 Å². The molecular weight excluding hydrogens is 254 g/mol. The lowest BCUT2D eigenvalue weighted by molar-refractivity contribution is 0.399. The van der Waals surface area contributed by atoms with Gasteiger partial charge in [-0.2, -0.15) is 0 Å². The molecule has 1 N–H and O–H groups in total. The molecule has 1 aromatic heterocycles. The SMILES string of the molecule is CCNC(Cc1ncc(Br)cn1)C(C)C. The molecule has 1 heterocycles. The molecule has 1 unspecified atom stereocenters. The third kappa shape index (κ3) is 4.26. The van der Waals surface area contributed by atoms with Crippen molar-refractivity contribution in [1.29, 1.82) is 0 Å². The molecule has 15 heavy (non-hydrogen) atoms. The Kier molecular flexibility index (Phi) is 5.19. The summed E-state index contributed by atoms with van der Waals surface area (Å²) < 4.78 is 0.927. The van der Waals surface area contributed by atoms with E-state index in [9.17, 15) is 0 Å². The number of halogens is 1. The van der Waals surface area contributed by atoms with E-state index in [1.807, 2.05) is 0 Å². The fourth-order valence-electron chi connectivity index (χ4n) is 1.45. The quantitative estimate of drug-likeness (QED) is 0.894. The monoisotopic (exact) mass is 271 g/mol. The maximum atomic E-state index is 4.28. The Morgan fingerprint density at radius 3 is 2.40 bits per heavy atom. The first kappa shape index (κ1) is 12.6. The summed E-state index contributed by atoms with van der Waals surface area (Å²) in [4.78, 5) is 8.57. The van der Waals surface area contributed by atoms with Gasteiger partial charge in [-0.1, -0.05) is 20.8 Å². The largest absolute Gasteiger partial charge is 0.314 e. The highest BCUT2D eigenvalue weighted by molar-refractivity contribution is 9.10. The van der Waals surface area contributed by atoms with E-state index >= 15 is 0 Å². The first-order chi connectivity index (χ1) is 7.13. The van der Waals surface area contributed by atoms with E-state index in [0.717, 1.165) is 23.3 Å². The zero-order valence-electron chi connectivity index (χ0n) is 9.50. The molecule has 1 atom stereocenters. The Labute approximate surface area is 99.8 Å². The predicted octanol–water partition coefficient (Wildman–Crippen LogP) is 2.42. The van der Waals surface area contributed by atoms with Crippen molar-refractivity contribution in [1.82, 2.24) is 15.3 Å². The Bertz CT molecular complexity index is 284. The number of nitrogens with one attached hydrogen (secondary N) is 1. The number of nitrogens with zero attached hydrogens (tertiary/aromatic N) is 2. The molecule has 0 aliphatic carbocycles. The van der Waals surface area contributed by atoms with Crippen LogP contribution in [0.5, 0.6) is 0 Å². The van der Waals surface area contributed by atoms with Gasteiger partial charge in [0.1, 0.15) is 5.82 Å². The van der Waals surface area contributed by atoms with Crippen LogP contribution in [0, 0.1) is 5.92 Å². The first-order valence-electron chi connectivity index (χ1n) is 5.33. The molecule has 0 fully saturated rings. The molecule has 0 aromatic carbocycles. The summed E-state index contributed by atoms with van der Waals surface area (Å²) in [5.74, 6) is 1.50. The minimum absolute atomic E-state index is 0.455. The van der Waals surface area contributed by atoms with Crippen molar-refractivity contribution in [2.24, 2.45) is 5.92 Å². The molecule has 0 amide bonds. The summed E-state index contributed by atoms with van der Waals surface area (Å²) in [6.07, 6.45) is 4.48. The summed E-state index contributed by atoms with van der Waals surface area (Å²) in [5.41, 5.74) is 0. The van der Waals surface area contributed by atoms with Crippen molar-refractivity contribution >= 4 is 15.9 Å². The predicted molar refractivity (Wildman–Crippen MR) is 65.7 cm³/mol. The Morgan fingerprint density at radius 1 is 1.33 bits per heavy atom. The van der Waals surface area contributed by atoms with E-state index < -0.39 is 0 Å². The van der Waals surface area contributed by atoms with Gasteiger partial charge in [-0.05, 0) is 28.4 Å². The molecule has 0 spiro atoms. The summed E-state index contributed by atoms with van der Waals surface area (Å²) in [5, 5.41) is 3.45. The topological polar surface area (TPSA) is 37.8 Å². The van der Waals surface area contributed by atoms with Gasteiger partial charge in [-0.3, -0.25) is 0 Å². The fraction of sp³-hybridized carbons (Fsp3) is 0.636. The number of hydrogen-bond acceptors (Lipinski definition) is 3. The van der Waals surface area contributed by atoms with Gasteiger partial charge in [0.2, 0.25) is 0 Å². The average molecular weight is 272 g/mol. The van der Waals surface area contributed by atoms with E-state index in [1.165, 1.54) is 0 Å². The molecule has 0 bridgehead atoms. The van der Waals surface area contributed by atoms with Crippen LogP contribution < -0.4 is 5.32 Å². The van der Waals surface area contributed by atoms with E-state index in [-0.39, 0.29) is 0 Å². The van der Waals surface area contributed by atoms with E-state index in [2.05, 4.69) is 52.0 Å². The normalized spacial score (nSPS) is 13.1. The number of likely N-dealkylation sites (N-methyl/N-ethyl adjacent to an activating group) is 1. The second kappa shape index (κ2) is 6.18. The molecule has 1 aromatic rings.